The molecule has 10 heteroatoms. The molecule has 0 radical (unpaired) electrons. The number of hydrogen-bond donors (Lipinski definition) is 3. The Morgan fingerprint density at radius 2 is 1.97 bits per heavy atom. The fourth-order valence-electron chi connectivity index (χ4n) is 3.84. The normalized spacial score (nSPS) is 20.1. The van der Waals surface area contributed by atoms with E-state index in [9.17, 15) is 24.9 Å². The molecule has 10 nitrogen and oxygen atoms in total. The maximum atomic E-state index is 11.7. The highest BCUT2D eigenvalue weighted by atomic mass is 16.5. The molecule has 1 aromatic heterocycles. The molecular formula is C19H22N4O6. The van der Waals surface area contributed by atoms with Gasteiger partial charge in [-0.25, -0.2) is 9.59 Å². The molecule has 29 heavy (non-hydrogen) atoms. The highest BCUT2D eigenvalue weighted by molar-refractivity contribution is 6.00. The van der Waals surface area contributed by atoms with Gasteiger partial charge in [-0.05, 0) is 24.6 Å². The van der Waals surface area contributed by atoms with Crippen LogP contribution in [0.3, 0.4) is 0 Å². The zero-order chi connectivity index (χ0) is 20.8. The molecule has 2 aliphatic rings. The molecule has 2 aliphatic heterocycles. The topological polar surface area (TPSA) is 128 Å². The van der Waals surface area contributed by atoms with Gasteiger partial charge in [0.25, 0.3) is 0 Å². The van der Waals surface area contributed by atoms with Crippen molar-refractivity contribution in [1.29, 1.82) is 0 Å². The minimum absolute atomic E-state index is 0.0117. The molecule has 4 rings (SSSR count). The number of hydrogen-bond acceptors (Lipinski definition) is 5. The fraction of sp³-hybridized carbons (Fsp3) is 0.421. The van der Waals surface area contributed by atoms with Crippen molar-refractivity contribution in [2.24, 2.45) is 5.41 Å². The van der Waals surface area contributed by atoms with Gasteiger partial charge in [-0.1, -0.05) is 6.07 Å². The third-order valence-electron chi connectivity index (χ3n) is 5.47. The Kier molecular flexibility index (Phi) is 4.67. The molecule has 154 valence electrons. The molecule has 1 aromatic carbocycles. The summed E-state index contributed by atoms with van der Waals surface area (Å²) in [6.07, 6.45) is 1.23. The number of aliphatic hydroxyl groups is 1. The van der Waals surface area contributed by atoms with Gasteiger partial charge in [-0.3, -0.25) is 14.5 Å². The number of carbonyl (C=O) groups is 2. The largest absolute Gasteiger partial charge is 0.465 e. The van der Waals surface area contributed by atoms with Crippen LogP contribution in [0.2, 0.25) is 0 Å². The summed E-state index contributed by atoms with van der Waals surface area (Å²) >= 11 is 0. The van der Waals surface area contributed by atoms with Crippen molar-refractivity contribution in [3.8, 4) is 11.1 Å². The molecule has 0 unspecified atom stereocenters. The highest BCUT2D eigenvalue weighted by Crippen LogP contribution is 2.39. The molecule has 2 amide bonds. The molecule has 1 saturated heterocycles. The number of fused-ring (bicyclic) bond motifs is 1. The number of benzene rings is 1. The van der Waals surface area contributed by atoms with Crippen LogP contribution in [0.1, 0.15) is 6.92 Å². The van der Waals surface area contributed by atoms with Crippen LogP contribution in [0.5, 0.6) is 0 Å². The lowest BCUT2D eigenvalue weighted by Crippen LogP contribution is -2.51. The quantitative estimate of drug-likeness (QED) is 0.713. The third-order valence-corrected chi connectivity index (χ3v) is 5.47. The Bertz CT molecular complexity index is 948. The number of amides is 2. The summed E-state index contributed by atoms with van der Waals surface area (Å²) in [6, 6.07) is 4.55. The lowest BCUT2D eigenvalue weighted by atomic mass is 9.87. The third kappa shape index (κ3) is 3.30. The Labute approximate surface area is 166 Å². The van der Waals surface area contributed by atoms with E-state index in [1.807, 2.05) is 6.20 Å². The lowest BCUT2D eigenvalue weighted by Gasteiger charge is -2.39. The van der Waals surface area contributed by atoms with Crippen LogP contribution in [0, 0.1) is 5.41 Å². The van der Waals surface area contributed by atoms with Crippen molar-refractivity contribution in [3.63, 3.8) is 0 Å². The number of anilines is 2. The maximum Gasteiger partial charge on any atom is 0.412 e. The zero-order valence-corrected chi connectivity index (χ0v) is 15.9. The Morgan fingerprint density at radius 1 is 1.21 bits per heavy atom. The van der Waals surface area contributed by atoms with Crippen molar-refractivity contribution in [3.05, 3.63) is 30.6 Å². The Morgan fingerprint density at radius 3 is 2.55 bits per heavy atom. The summed E-state index contributed by atoms with van der Waals surface area (Å²) in [4.78, 5) is 25.8. The maximum absolute atomic E-state index is 11.7. The van der Waals surface area contributed by atoms with Crippen molar-refractivity contribution < 1.29 is 29.6 Å². The highest BCUT2D eigenvalue weighted by Gasteiger charge is 2.39. The minimum atomic E-state index is -1.13. The summed E-state index contributed by atoms with van der Waals surface area (Å²) in [6.45, 7) is 3.21. The van der Waals surface area contributed by atoms with E-state index in [1.54, 1.807) is 36.0 Å². The number of rotatable bonds is 4. The average Bonchev–Trinajstić information content (AvgIpc) is 3.11. The van der Waals surface area contributed by atoms with Crippen LogP contribution < -0.4 is 9.80 Å². The number of nitrogens with zero attached hydrogens (tertiary/aromatic N) is 4. The van der Waals surface area contributed by atoms with Crippen molar-refractivity contribution in [1.82, 2.24) is 9.78 Å². The smallest absolute Gasteiger partial charge is 0.412 e. The molecule has 0 saturated carbocycles. The lowest BCUT2D eigenvalue weighted by molar-refractivity contribution is -0.146. The molecule has 0 bridgehead atoms. The molecule has 1 fully saturated rings. The fourth-order valence-corrected chi connectivity index (χ4v) is 3.84. The Hall–Kier alpha value is -3.11. The summed E-state index contributed by atoms with van der Waals surface area (Å²) in [7, 11) is 0. The monoisotopic (exact) mass is 402 g/mol. The number of aliphatic hydroxyl groups excluding tert-OH is 1. The summed E-state index contributed by atoms with van der Waals surface area (Å²) < 4.78 is 6.94. The van der Waals surface area contributed by atoms with E-state index >= 15 is 0 Å². The summed E-state index contributed by atoms with van der Waals surface area (Å²) in [5.74, 6) is 0. The van der Waals surface area contributed by atoms with Gasteiger partial charge in [0.15, 0.2) is 0 Å². The van der Waals surface area contributed by atoms with Gasteiger partial charge in [0.05, 0.1) is 61.9 Å². The first-order valence-electron chi connectivity index (χ1n) is 9.22. The zero-order valence-electron chi connectivity index (χ0n) is 15.9. The Balaban J connectivity index is 1.67. The average molecular weight is 402 g/mol. The predicted octanol–water partition coefficient (Wildman–Crippen LogP) is 1.93. The first kappa shape index (κ1) is 19.2. The van der Waals surface area contributed by atoms with Crippen molar-refractivity contribution in [2.75, 3.05) is 36.2 Å². The van der Waals surface area contributed by atoms with E-state index in [0.717, 1.165) is 11.1 Å². The van der Waals surface area contributed by atoms with Gasteiger partial charge >= 0.3 is 12.2 Å². The molecule has 3 N–H and O–H groups in total. The minimum Gasteiger partial charge on any atom is -0.465 e. The van der Waals surface area contributed by atoms with E-state index in [2.05, 4.69) is 5.10 Å². The van der Waals surface area contributed by atoms with Gasteiger partial charge in [-0.15, -0.1) is 0 Å². The summed E-state index contributed by atoms with van der Waals surface area (Å²) in [5.41, 5.74) is 1.83. The van der Waals surface area contributed by atoms with Crippen LogP contribution >= 0.6 is 0 Å². The van der Waals surface area contributed by atoms with Crippen molar-refractivity contribution >= 4 is 23.6 Å². The first-order chi connectivity index (χ1) is 13.8. The number of ether oxygens (including phenoxy) is 1. The molecule has 0 aliphatic carbocycles. The number of aromatic nitrogens is 2. The predicted molar refractivity (Wildman–Crippen MR) is 103 cm³/mol. The first-order valence-corrected chi connectivity index (χ1v) is 9.22. The standard InChI is InChI=1S/C19H22N4O6/c1-12-6-22(17(25)26)16-4-13(2-3-15(16)23(12)18(27)28)14-5-20-21(7-14)8-19(9-24)10-29-11-19/h2-5,7,12,24H,6,8-11H2,1H3,(H,25,26)(H,27,28)/t12-/m0/s1. The van der Waals surface area contributed by atoms with E-state index in [0.29, 0.717) is 31.1 Å². The molecule has 1 atom stereocenters. The SMILES string of the molecule is C[C@H]1CN(C(=O)O)c2cc(-c3cnn(CC4(CO)COC4)c3)ccc2N1C(=O)O. The second-order valence-electron chi connectivity index (χ2n) is 7.68. The summed E-state index contributed by atoms with van der Waals surface area (Å²) in [5, 5.41) is 33.1. The van der Waals surface area contributed by atoms with Gasteiger partial charge in [0.1, 0.15) is 0 Å². The van der Waals surface area contributed by atoms with Crippen LogP contribution in [0.15, 0.2) is 30.6 Å². The molecule has 0 spiro atoms. The van der Waals surface area contributed by atoms with E-state index < -0.39 is 18.2 Å². The van der Waals surface area contributed by atoms with Gasteiger partial charge in [-0.2, -0.15) is 5.10 Å². The number of carboxylic acid groups (broad SMARTS) is 2. The second-order valence-corrected chi connectivity index (χ2v) is 7.68. The van der Waals surface area contributed by atoms with Crippen molar-refractivity contribution in [2.45, 2.75) is 19.5 Å². The van der Waals surface area contributed by atoms with Gasteiger partial charge < -0.3 is 20.1 Å². The molecule has 2 aromatic rings. The van der Waals surface area contributed by atoms with Gasteiger partial charge in [0, 0.05) is 11.8 Å². The molecule has 3 heterocycles. The second kappa shape index (κ2) is 7.05. The van der Waals surface area contributed by atoms with Gasteiger partial charge in [0.2, 0.25) is 0 Å². The molecular weight excluding hydrogens is 380 g/mol. The van der Waals surface area contributed by atoms with Crippen LogP contribution in [-0.4, -0.2) is 69.7 Å². The van der Waals surface area contributed by atoms with Crippen LogP contribution in [0.25, 0.3) is 11.1 Å². The van der Waals surface area contributed by atoms with Crippen LogP contribution in [-0.2, 0) is 11.3 Å². The van der Waals surface area contributed by atoms with Crippen LogP contribution in [0.4, 0.5) is 21.0 Å². The van der Waals surface area contributed by atoms with E-state index in [-0.39, 0.29) is 18.6 Å². The van der Waals surface area contributed by atoms with E-state index in [4.69, 9.17) is 4.74 Å². The van der Waals surface area contributed by atoms with E-state index in [1.165, 1.54) is 9.80 Å².